The van der Waals surface area contributed by atoms with E-state index in [-0.39, 0.29) is 11.9 Å². The van der Waals surface area contributed by atoms with Crippen molar-refractivity contribution in [3.63, 3.8) is 0 Å². The van der Waals surface area contributed by atoms with E-state index >= 15 is 0 Å². The maximum atomic E-state index is 8.44. The van der Waals surface area contributed by atoms with E-state index in [1.54, 1.807) is 0 Å². The van der Waals surface area contributed by atoms with E-state index < -0.39 is 0 Å². The van der Waals surface area contributed by atoms with E-state index in [1.807, 2.05) is 6.92 Å². The van der Waals surface area contributed by atoms with Crippen molar-refractivity contribution in [1.82, 2.24) is 5.32 Å². The summed E-state index contributed by atoms with van der Waals surface area (Å²) >= 11 is 0. The third-order valence-corrected chi connectivity index (χ3v) is 1.98. The standard InChI is InChI=1S/C8H19N3O/c1-4-6(3)10-7(5-2)8(9)11-12/h6-7,10,12H,4-5H2,1-3H3,(H2,9,11). The van der Waals surface area contributed by atoms with Gasteiger partial charge in [-0.2, -0.15) is 0 Å². The first-order valence-corrected chi connectivity index (χ1v) is 4.39. The first-order chi connectivity index (χ1) is 5.65. The van der Waals surface area contributed by atoms with Gasteiger partial charge in [0.2, 0.25) is 0 Å². The van der Waals surface area contributed by atoms with Gasteiger partial charge in [0.1, 0.15) is 0 Å². The molecule has 0 aliphatic rings. The van der Waals surface area contributed by atoms with Crippen LogP contribution >= 0.6 is 0 Å². The summed E-state index contributed by atoms with van der Waals surface area (Å²) in [5.74, 6) is 0.262. The van der Waals surface area contributed by atoms with Gasteiger partial charge in [0.25, 0.3) is 0 Å². The van der Waals surface area contributed by atoms with Crippen LogP contribution in [0.3, 0.4) is 0 Å². The zero-order valence-corrected chi connectivity index (χ0v) is 8.04. The van der Waals surface area contributed by atoms with Gasteiger partial charge in [0.05, 0.1) is 6.04 Å². The highest BCUT2D eigenvalue weighted by Crippen LogP contribution is 1.96. The largest absolute Gasteiger partial charge is 0.409 e. The first kappa shape index (κ1) is 11.2. The third kappa shape index (κ3) is 3.57. The molecule has 4 nitrogen and oxygen atoms in total. The van der Waals surface area contributed by atoms with Gasteiger partial charge in [-0.3, -0.25) is 0 Å². The quantitative estimate of drug-likeness (QED) is 0.250. The molecule has 0 aromatic carbocycles. The molecule has 4 N–H and O–H groups in total. The van der Waals surface area contributed by atoms with Gasteiger partial charge in [-0.15, -0.1) is 0 Å². The van der Waals surface area contributed by atoms with E-state index in [0.29, 0.717) is 6.04 Å². The summed E-state index contributed by atoms with van der Waals surface area (Å²) in [4.78, 5) is 0. The SMILES string of the molecule is CCC(C)NC(CC)C(N)=NO. The predicted molar refractivity (Wildman–Crippen MR) is 50.4 cm³/mol. The molecule has 0 aliphatic heterocycles. The molecule has 0 aliphatic carbocycles. The highest BCUT2D eigenvalue weighted by Gasteiger charge is 2.12. The summed E-state index contributed by atoms with van der Waals surface area (Å²) in [5, 5.41) is 14.7. The van der Waals surface area contributed by atoms with Crippen molar-refractivity contribution in [2.75, 3.05) is 0 Å². The van der Waals surface area contributed by atoms with Gasteiger partial charge in [-0.1, -0.05) is 19.0 Å². The van der Waals surface area contributed by atoms with Gasteiger partial charge in [0.15, 0.2) is 5.84 Å². The second-order valence-electron chi connectivity index (χ2n) is 2.96. The average molecular weight is 173 g/mol. The number of nitrogens with one attached hydrogen (secondary N) is 1. The van der Waals surface area contributed by atoms with Crippen molar-refractivity contribution in [3.05, 3.63) is 0 Å². The Morgan fingerprint density at radius 2 is 2.08 bits per heavy atom. The molecule has 2 unspecified atom stereocenters. The van der Waals surface area contributed by atoms with Crippen molar-refractivity contribution in [3.8, 4) is 0 Å². The lowest BCUT2D eigenvalue weighted by Crippen LogP contribution is -2.44. The topological polar surface area (TPSA) is 70.6 Å². The lowest BCUT2D eigenvalue weighted by molar-refractivity contribution is 0.313. The van der Waals surface area contributed by atoms with Crippen molar-refractivity contribution < 1.29 is 5.21 Å². The van der Waals surface area contributed by atoms with Gasteiger partial charge in [-0.05, 0) is 19.8 Å². The second-order valence-corrected chi connectivity index (χ2v) is 2.96. The van der Waals surface area contributed by atoms with Crippen LogP contribution in [-0.4, -0.2) is 23.1 Å². The maximum Gasteiger partial charge on any atom is 0.156 e. The number of amidine groups is 1. The minimum atomic E-state index is -0.00931. The Hall–Kier alpha value is -0.770. The molecule has 0 saturated heterocycles. The van der Waals surface area contributed by atoms with Crippen LogP contribution in [0.2, 0.25) is 0 Å². The van der Waals surface area contributed by atoms with Gasteiger partial charge in [-0.25, -0.2) is 0 Å². The number of nitrogens with zero attached hydrogens (tertiary/aromatic N) is 1. The fourth-order valence-corrected chi connectivity index (χ4v) is 0.943. The summed E-state index contributed by atoms with van der Waals surface area (Å²) in [6.07, 6.45) is 1.87. The molecule has 0 saturated carbocycles. The predicted octanol–water partition coefficient (Wildman–Crippen LogP) is 0.900. The summed E-state index contributed by atoms with van der Waals surface area (Å²) < 4.78 is 0. The molecule has 72 valence electrons. The minimum absolute atomic E-state index is 0.00931. The highest BCUT2D eigenvalue weighted by molar-refractivity contribution is 5.85. The Morgan fingerprint density at radius 3 is 2.42 bits per heavy atom. The molecule has 2 atom stereocenters. The monoisotopic (exact) mass is 173 g/mol. The molecular weight excluding hydrogens is 154 g/mol. The number of hydrogen-bond donors (Lipinski definition) is 3. The van der Waals surface area contributed by atoms with E-state index in [1.165, 1.54) is 0 Å². The second kappa shape index (κ2) is 5.83. The van der Waals surface area contributed by atoms with Crippen LogP contribution in [-0.2, 0) is 0 Å². The minimum Gasteiger partial charge on any atom is -0.409 e. The molecule has 0 aromatic heterocycles. The first-order valence-electron chi connectivity index (χ1n) is 4.39. The van der Waals surface area contributed by atoms with Crippen LogP contribution in [0.15, 0.2) is 5.16 Å². The Labute approximate surface area is 73.8 Å². The van der Waals surface area contributed by atoms with Crippen molar-refractivity contribution >= 4 is 5.84 Å². The fourth-order valence-electron chi connectivity index (χ4n) is 0.943. The van der Waals surface area contributed by atoms with E-state index in [4.69, 9.17) is 10.9 Å². The van der Waals surface area contributed by atoms with Crippen molar-refractivity contribution in [1.29, 1.82) is 0 Å². The number of nitrogens with two attached hydrogens (primary N) is 1. The summed E-state index contributed by atoms with van der Waals surface area (Å²) in [6, 6.07) is 0.389. The van der Waals surface area contributed by atoms with Gasteiger partial charge < -0.3 is 16.3 Å². The molecule has 0 heterocycles. The Bertz CT molecular complexity index is 147. The number of hydrogen-bond acceptors (Lipinski definition) is 3. The average Bonchev–Trinajstić information content (AvgIpc) is 2.12. The third-order valence-electron chi connectivity index (χ3n) is 1.98. The molecule has 0 rings (SSSR count). The van der Waals surface area contributed by atoms with Crippen molar-refractivity contribution in [2.45, 2.75) is 45.7 Å². The summed E-state index contributed by atoms with van der Waals surface area (Å²) in [7, 11) is 0. The normalized spacial score (nSPS) is 17.4. The van der Waals surface area contributed by atoms with E-state index in [9.17, 15) is 0 Å². The zero-order chi connectivity index (χ0) is 9.56. The summed E-state index contributed by atoms with van der Waals surface area (Å²) in [5.41, 5.74) is 5.47. The smallest absolute Gasteiger partial charge is 0.156 e. The van der Waals surface area contributed by atoms with Gasteiger partial charge >= 0.3 is 0 Å². The lowest BCUT2D eigenvalue weighted by Gasteiger charge is -2.19. The lowest BCUT2D eigenvalue weighted by atomic mass is 10.1. The fraction of sp³-hybridized carbons (Fsp3) is 0.875. The molecule has 0 bridgehead atoms. The van der Waals surface area contributed by atoms with Gasteiger partial charge in [0, 0.05) is 6.04 Å². The van der Waals surface area contributed by atoms with Crippen LogP contribution in [0.25, 0.3) is 0 Å². The zero-order valence-electron chi connectivity index (χ0n) is 8.04. The van der Waals surface area contributed by atoms with Crippen LogP contribution in [0.5, 0.6) is 0 Å². The van der Waals surface area contributed by atoms with Crippen LogP contribution in [0.1, 0.15) is 33.6 Å². The Kier molecular flexibility index (Phi) is 5.45. The number of oxime groups is 1. The van der Waals surface area contributed by atoms with E-state index in [0.717, 1.165) is 12.8 Å². The Morgan fingerprint density at radius 1 is 1.50 bits per heavy atom. The molecule has 0 radical (unpaired) electrons. The van der Waals surface area contributed by atoms with Crippen LogP contribution < -0.4 is 11.1 Å². The number of rotatable bonds is 5. The highest BCUT2D eigenvalue weighted by atomic mass is 16.4. The summed E-state index contributed by atoms with van der Waals surface area (Å²) in [6.45, 7) is 6.17. The molecule has 0 spiro atoms. The molecule has 0 fully saturated rings. The molecule has 0 aromatic rings. The van der Waals surface area contributed by atoms with Crippen LogP contribution in [0, 0.1) is 0 Å². The Balaban J connectivity index is 3.99. The molecule has 4 heteroatoms. The molecule has 0 amide bonds. The van der Waals surface area contributed by atoms with E-state index in [2.05, 4.69) is 24.3 Å². The maximum absolute atomic E-state index is 8.44. The molecular formula is C8H19N3O. The van der Waals surface area contributed by atoms with Crippen molar-refractivity contribution in [2.24, 2.45) is 10.9 Å². The van der Waals surface area contributed by atoms with Crippen LogP contribution in [0.4, 0.5) is 0 Å². The molecule has 12 heavy (non-hydrogen) atoms.